The number of sulfonamides is 1. The first-order chi connectivity index (χ1) is 8.90. The Labute approximate surface area is 112 Å². The van der Waals surface area contributed by atoms with E-state index in [9.17, 15) is 18.3 Å². The van der Waals surface area contributed by atoms with Gasteiger partial charge in [-0.1, -0.05) is 19.1 Å². The van der Waals surface area contributed by atoms with E-state index in [1.165, 1.54) is 19.2 Å². The highest BCUT2D eigenvalue weighted by Gasteiger charge is 2.17. The maximum Gasteiger partial charge on any atom is 0.320 e. The van der Waals surface area contributed by atoms with E-state index in [0.29, 0.717) is 12.0 Å². The molecule has 0 fully saturated rings. The van der Waals surface area contributed by atoms with E-state index in [1.807, 2.05) is 0 Å². The fourth-order valence-electron chi connectivity index (χ4n) is 1.43. The van der Waals surface area contributed by atoms with Crippen LogP contribution in [0.5, 0.6) is 0 Å². The quantitative estimate of drug-likeness (QED) is 0.747. The molecule has 1 rings (SSSR count). The number of aliphatic hydroxyl groups excluding tert-OH is 1. The second kappa shape index (κ2) is 6.65. The van der Waals surface area contributed by atoms with E-state index in [4.69, 9.17) is 0 Å². The molecule has 7 heteroatoms. The van der Waals surface area contributed by atoms with Gasteiger partial charge >= 0.3 is 5.97 Å². The summed E-state index contributed by atoms with van der Waals surface area (Å²) in [5.74, 6) is -0.673. The van der Waals surface area contributed by atoms with Crippen molar-refractivity contribution in [1.82, 2.24) is 4.72 Å². The average Bonchev–Trinajstić information content (AvgIpc) is 2.44. The molecule has 0 saturated heterocycles. The lowest BCUT2D eigenvalue weighted by Gasteiger charge is -2.10. The molecule has 19 heavy (non-hydrogen) atoms. The van der Waals surface area contributed by atoms with Crippen LogP contribution >= 0.6 is 0 Å². The van der Waals surface area contributed by atoms with Gasteiger partial charge in [0, 0.05) is 0 Å². The molecule has 0 aromatic heterocycles. The standard InChI is InChI=1S/C12H17NO5S/c1-3-11(14)9-5-4-6-10(7-9)19(16,17)13-8-12(15)18-2/h4-7,11,13-14H,3,8H2,1-2H3. The van der Waals surface area contributed by atoms with Crippen molar-refractivity contribution in [3.63, 3.8) is 0 Å². The molecule has 0 saturated carbocycles. The zero-order valence-corrected chi connectivity index (χ0v) is 11.6. The third-order valence-corrected chi connectivity index (χ3v) is 3.97. The molecule has 1 aromatic carbocycles. The Bertz CT molecular complexity index is 541. The molecule has 1 unspecified atom stereocenters. The van der Waals surface area contributed by atoms with Crippen LogP contribution in [0.15, 0.2) is 29.2 Å². The molecule has 106 valence electrons. The molecule has 0 radical (unpaired) electrons. The van der Waals surface area contributed by atoms with Crippen molar-refractivity contribution in [3.05, 3.63) is 29.8 Å². The maximum atomic E-state index is 11.9. The van der Waals surface area contributed by atoms with E-state index in [0.717, 1.165) is 0 Å². The predicted octanol–water partition coefficient (Wildman–Crippen LogP) is 0.581. The summed E-state index contributed by atoms with van der Waals surface area (Å²) in [7, 11) is -2.62. The summed E-state index contributed by atoms with van der Waals surface area (Å²) in [4.78, 5) is 10.9. The van der Waals surface area contributed by atoms with Crippen LogP contribution < -0.4 is 4.72 Å². The van der Waals surface area contributed by atoms with E-state index in [1.54, 1.807) is 19.1 Å². The summed E-state index contributed by atoms with van der Waals surface area (Å²) in [5, 5.41) is 9.69. The number of esters is 1. The van der Waals surface area contributed by atoms with Gasteiger partial charge in [0.2, 0.25) is 10.0 Å². The molecule has 1 aromatic rings. The number of benzene rings is 1. The lowest BCUT2D eigenvalue weighted by atomic mass is 10.1. The molecular formula is C12H17NO5S. The number of rotatable bonds is 6. The van der Waals surface area contributed by atoms with Crippen LogP contribution in [0.3, 0.4) is 0 Å². The molecule has 1 atom stereocenters. The van der Waals surface area contributed by atoms with Crippen molar-refractivity contribution in [2.24, 2.45) is 0 Å². The molecule has 0 aliphatic rings. The minimum atomic E-state index is -3.79. The summed E-state index contributed by atoms with van der Waals surface area (Å²) in [5.41, 5.74) is 0.517. The van der Waals surface area contributed by atoms with Crippen LogP contribution in [-0.4, -0.2) is 33.1 Å². The van der Waals surface area contributed by atoms with Gasteiger partial charge in [-0.25, -0.2) is 8.42 Å². The van der Waals surface area contributed by atoms with Gasteiger partial charge in [-0.15, -0.1) is 0 Å². The minimum absolute atomic E-state index is 0.00130. The minimum Gasteiger partial charge on any atom is -0.468 e. The van der Waals surface area contributed by atoms with Crippen molar-refractivity contribution < 1.29 is 23.1 Å². The van der Waals surface area contributed by atoms with Crippen molar-refractivity contribution in [3.8, 4) is 0 Å². The van der Waals surface area contributed by atoms with Gasteiger partial charge in [-0.3, -0.25) is 4.79 Å². The van der Waals surface area contributed by atoms with Gasteiger partial charge in [0.25, 0.3) is 0 Å². The monoisotopic (exact) mass is 287 g/mol. The Kier molecular flexibility index (Phi) is 5.46. The van der Waals surface area contributed by atoms with Crippen LogP contribution in [0.4, 0.5) is 0 Å². The Morgan fingerprint density at radius 3 is 2.74 bits per heavy atom. The highest BCUT2D eigenvalue weighted by molar-refractivity contribution is 7.89. The average molecular weight is 287 g/mol. The highest BCUT2D eigenvalue weighted by Crippen LogP contribution is 2.19. The zero-order valence-electron chi connectivity index (χ0n) is 10.8. The van der Waals surface area contributed by atoms with E-state index in [2.05, 4.69) is 9.46 Å². The summed E-state index contributed by atoms with van der Waals surface area (Å²) < 4.78 is 30.3. The summed E-state index contributed by atoms with van der Waals surface area (Å²) in [6.45, 7) is 1.36. The Morgan fingerprint density at radius 1 is 1.47 bits per heavy atom. The third-order valence-electron chi connectivity index (χ3n) is 2.57. The second-order valence-electron chi connectivity index (χ2n) is 3.90. The van der Waals surface area contributed by atoms with E-state index in [-0.39, 0.29) is 4.90 Å². The highest BCUT2D eigenvalue weighted by atomic mass is 32.2. The molecule has 0 spiro atoms. The largest absolute Gasteiger partial charge is 0.468 e. The Balaban J connectivity index is 2.92. The van der Waals surface area contributed by atoms with Gasteiger partial charge in [0.15, 0.2) is 0 Å². The zero-order chi connectivity index (χ0) is 14.5. The predicted molar refractivity (Wildman–Crippen MR) is 68.9 cm³/mol. The molecule has 6 nitrogen and oxygen atoms in total. The lowest BCUT2D eigenvalue weighted by Crippen LogP contribution is -2.30. The van der Waals surface area contributed by atoms with Crippen LogP contribution in [-0.2, 0) is 19.6 Å². The first-order valence-electron chi connectivity index (χ1n) is 5.75. The summed E-state index contributed by atoms with van der Waals surface area (Å²) >= 11 is 0. The van der Waals surface area contributed by atoms with Crippen LogP contribution in [0.25, 0.3) is 0 Å². The first-order valence-corrected chi connectivity index (χ1v) is 7.23. The van der Waals surface area contributed by atoms with Gasteiger partial charge in [0.1, 0.15) is 6.54 Å². The number of ether oxygens (including phenoxy) is 1. The summed E-state index contributed by atoms with van der Waals surface area (Å²) in [6.07, 6.45) is -0.227. The topological polar surface area (TPSA) is 92.7 Å². The smallest absolute Gasteiger partial charge is 0.320 e. The van der Waals surface area contributed by atoms with Crippen molar-refractivity contribution in [1.29, 1.82) is 0 Å². The maximum absolute atomic E-state index is 11.9. The van der Waals surface area contributed by atoms with Crippen LogP contribution in [0.2, 0.25) is 0 Å². The number of hydrogen-bond donors (Lipinski definition) is 2. The van der Waals surface area contributed by atoms with Gasteiger partial charge in [-0.05, 0) is 24.1 Å². The van der Waals surface area contributed by atoms with Crippen LogP contribution in [0.1, 0.15) is 25.0 Å². The number of carbonyl (C=O) groups is 1. The van der Waals surface area contributed by atoms with Crippen molar-refractivity contribution >= 4 is 16.0 Å². The molecular weight excluding hydrogens is 270 g/mol. The first kappa shape index (κ1) is 15.6. The molecule has 0 aliphatic heterocycles. The Morgan fingerprint density at radius 2 is 2.16 bits per heavy atom. The van der Waals surface area contributed by atoms with E-state index >= 15 is 0 Å². The normalized spacial score (nSPS) is 13.0. The number of aliphatic hydroxyl groups is 1. The summed E-state index contributed by atoms with van der Waals surface area (Å²) in [6, 6.07) is 5.97. The van der Waals surface area contributed by atoms with Gasteiger partial charge < -0.3 is 9.84 Å². The fraction of sp³-hybridized carbons (Fsp3) is 0.417. The van der Waals surface area contributed by atoms with Gasteiger partial charge in [0.05, 0.1) is 18.1 Å². The lowest BCUT2D eigenvalue weighted by molar-refractivity contribution is -0.139. The molecule has 2 N–H and O–H groups in total. The number of nitrogens with one attached hydrogen (secondary N) is 1. The van der Waals surface area contributed by atoms with Crippen molar-refractivity contribution in [2.75, 3.05) is 13.7 Å². The number of methoxy groups -OCH3 is 1. The number of hydrogen-bond acceptors (Lipinski definition) is 5. The second-order valence-corrected chi connectivity index (χ2v) is 5.66. The SMILES string of the molecule is CCC(O)c1cccc(S(=O)(=O)NCC(=O)OC)c1. The fourth-order valence-corrected chi connectivity index (χ4v) is 2.46. The molecule has 0 amide bonds. The van der Waals surface area contributed by atoms with E-state index < -0.39 is 28.6 Å². The van der Waals surface area contributed by atoms with Gasteiger partial charge in [-0.2, -0.15) is 4.72 Å². The number of carbonyl (C=O) groups excluding carboxylic acids is 1. The third kappa shape index (κ3) is 4.30. The molecule has 0 bridgehead atoms. The van der Waals surface area contributed by atoms with Crippen LogP contribution in [0, 0.1) is 0 Å². The Hall–Kier alpha value is -1.44. The molecule has 0 aliphatic carbocycles. The molecule has 0 heterocycles. The van der Waals surface area contributed by atoms with Crippen molar-refractivity contribution in [2.45, 2.75) is 24.3 Å².